The molecule has 1 aliphatic heterocycles. The fourth-order valence-corrected chi connectivity index (χ4v) is 4.01. The molecule has 1 saturated carbocycles. The molecule has 0 radical (unpaired) electrons. The smallest absolute Gasteiger partial charge is 0.221 e. The van der Waals surface area contributed by atoms with Gasteiger partial charge in [0.1, 0.15) is 5.75 Å². The molecule has 1 aliphatic carbocycles. The minimum absolute atomic E-state index is 0.231. The van der Waals surface area contributed by atoms with Gasteiger partial charge in [0, 0.05) is 50.9 Å². The van der Waals surface area contributed by atoms with Gasteiger partial charge in [-0.2, -0.15) is 0 Å². The Morgan fingerprint density at radius 3 is 2.31 bits per heavy atom. The lowest BCUT2D eigenvalue weighted by atomic mass is 10.1. The van der Waals surface area contributed by atoms with Gasteiger partial charge >= 0.3 is 0 Å². The van der Waals surface area contributed by atoms with Gasteiger partial charge in [-0.05, 0) is 37.1 Å². The molecule has 0 spiro atoms. The first-order chi connectivity index (χ1) is 12.7. The molecule has 144 valence electrons. The van der Waals surface area contributed by atoms with Gasteiger partial charge in [0.25, 0.3) is 0 Å². The standard InChI is InChI=1S/C21H33N3O2/c1-26-20-10-8-19(9-11-20)24-16-14-23(15-17-24)13-12-21(25)22-18-6-4-2-3-5-7-18/h8-11,18H,2-7,12-17H2,1H3,(H,22,25). The molecule has 0 unspecified atom stereocenters. The van der Waals surface area contributed by atoms with Crippen LogP contribution in [0, 0.1) is 0 Å². The maximum atomic E-state index is 12.3. The van der Waals surface area contributed by atoms with Crippen LogP contribution in [0.2, 0.25) is 0 Å². The summed E-state index contributed by atoms with van der Waals surface area (Å²) in [6.45, 7) is 4.92. The van der Waals surface area contributed by atoms with E-state index in [-0.39, 0.29) is 5.91 Å². The molecule has 5 nitrogen and oxygen atoms in total. The molecule has 1 amide bonds. The number of nitrogens with zero attached hydrogens (tertiary/aromatic N) is 2. The Bertz CT molecular complexity index is 545. The summed E-state index contributed by atoms with van der Waals surface area (Å²) in [6, 6.07) is 8.68. The topological polar surface area (TPSA) is 44.8 Å². The predicted molar refractivity (Wildman–Crippen MR) is 106 cm³/mol. The largest absolute Gasteiger partial charge is 0.497 e. The second-order valence-electron chi connectivity index (χ2n) is 7.53. The van der Waals surface area contributed by atoms with Crippen molar-refractivity contribution >= 4 is 11.6 Å². The average molecular weight is 360 g/mol. The minimum Gasteiger partial charge on any atom is -0.497 e. The fourth-order valence-electron chi connectivity index (χ4n) is 4.01. The molecule has 3 rings (SSSR count). The number of rotatable bonds is 6. The number of carbonyl (C=O) groups is 1. The van der Waals surface area contributed by atoms with Crippen molar-refractivity contribution in [1.29, 1.82) is 0 Å². The number of ether oxygens (including phenoxy) is 1. The van der Waals surface area contributed by atoms with E-state index in [1.54, 1.807) is 7.11 Å². The second kappa shape index (κ2) is 9.81. The van der Waals surface area contributed by atoms with Crippen LogP contribution in [0.3, 0.4) is 0 Å². The first-order valence-electron chi connectivity index (χ1n) is 10.2. The van der Waals surface area contributed by atoms with Crippen LogP contribution < -0.4 is 15.0 Å². The molecule has 0 aromatic heterocycles. The average Bonchev–Trinajstić information content (AvgIpc) is 2.95. The van der Waals surface area contributed by atoms with Crippen LogP contribution in [0.25, 0.3) is 0 Å². The Morgan fingerprint density at radius 1 is 1.04 bits per heavy atom. The second-order valence-corrected chi connectivity index (χ2v) is 7.53. The zero-order valence-corrected chi connectivity index (χ0v) is 16.1. The van der Waals surface area contributed by atoms with Gasteiger partial charge < -0.3 is 15.0 Å². The van der Waals surface area contributed by atoms with E-state index in [0.717, 1.165) is 51.3 Å². The SMILES string of the molecule is COc1ccc(N2CCN(CCC(=O)NC3CCCCCC3)CC2)cc1. The molecule has 2 aliphatic rings. The van der Waals surface area contributed by atoms with Gasteiger partial charge in [0.2, 0.25) is 5.91 Å². The molecule has 2 fully saturated rings. The van der Waals surface area contributed by atoms with Crippen molar-refractivity contribution < 1.29 is 9.53 Å². The Balaban J connectivity index is 1.36. The number of nitrogens with one attached hydrogen (secondary N) is 1. The van der Waals surface area contributed by atoms with Crippen LogP contribution >= 0.6 is 0 Å². The van der Waals surface area contributed by atoms with Crippen molar-refractivity contribution in [3.8, 4) is 5.75 Å². The number of hydrogen-bond acceptors (Lipinski definition) is 4. The van der Waals surface area contributed by atoms with Crippen LogP contribution in [0.1, 0.15) is 44.9 Å². The highest BCUT2D eigenvalue weighted by Gasteiger charge is 2.19. The van der Waals surface area contributed by atoms with E-state index >= 15 is 0 Å². The van der Waals surface area contributed by atoms with E-state index < -0.39 is 0 Å². The number of anilines is 1. The van der Waals surface area contributed by atoms with Crippen LogP contribution in [0.15, 0.2) is 24.3 Å². The fraction of sp³-hybridized carbons (Fsp3) is 0.667. The molecule has 1 aromatic carbocycles. The van der Waals surface area contributed by atoms with Crippen LogP contribution in [-0.2, 0) is 4.79 Å². The number of amides is 1. The third-order valence-corrected chi connectivity index (χ3v) is 5.69. The molecule has 1 aromatic rings. The van der Waals surface area contributed by atoms with Crippen molar-refractivity contribution in [3.63, 3.8) is 0 Å². The van der Waals surface area contributed by atoms with Gasteiger partial charge in [-0.15, -0.1) is 0 Å². The lowest BCUT2D eigenvalue weighted by Crippen LogP contribution is -2.47. The van der Waals surface area contributed by atoms with Gasteiger partial charge in [0.05, 0.1) is 7.11 Å². The van der Waals surface area contributed by atoms with Gasteiger partial charge in [-0.25, -0.2) is 0 Å². The Hall–Kier alpha value is -1.75. The molecular weight excluding hydrogens is 326 g/mol. The number of carbonyl (C=O) groups excluding carboxylic acids is 1. The summed E-state index contributed by atoms with van der Waals surface area (Å²) >= 11 is 0. The van der Waals surface area contributed by atoms with Gasteiger partial charge in [-0.3, -0.25) is 9.69 Å². The van der Waals surface area contributed by atoms with Crippen LogP contribution in [0.5, 0.6) is 5.75 Å². The Labute approximate surface area is 157 Å². The van der Waals surface area contributed by atoms with Crippen molar-refractivity contribution in [2.75, 3.05) is 44.7 Å². The van der Waals surface area contributed by atoms with E-state index in [9.17, 15) is 4.79 Å². The molecule has 26 heavy (non-hydrogen) atoms. The van der Waals surface area contributed by atoms with E-state index in [4.69, 9.17) is 4.74 Å². The summed E-state index contributed by atoms with van der Waals surface area (Å²) in [6.07, 6.45) is 8.11. The normalized spacial score (nSPS) is 19.8. The molecule has 1 heterocycles. The van der Waals surface area contributed by atoms with Crippen molar-refractivity contribution in [1.82, 2.24) is 10.2 Å². The lowest BCUT2D eigenvalue weighted by Gasteiger charge is -2.36. The number of piperazine rings is 1. The van der Waals surface area contributed by atoms with Gasteiger partial charge in [-0.1, -0.05) is 25.7 Å². The zero-order valence-electron chi connectivity index (χ0n) is 16.1. The third-order valence-electron chi connectivity index (χ3n) is 5.69. The Morgan fingerprint density at radius 2 is 1.69 bits per heavy atom. The summed E-state index contributed by atoms with van der Waals surface area (Å²) in [5.74, 6) is 1.13. The maximum Gasteiger partial charge on any atom is 0.221 e. The summed E-state index contributed by atoms with van der Waals surface area (Å²) in [5.41, 5.74) is 1.25. The first-order valence-corrected chi connectivity index (χ1v) is 10.2. The van der Waals surface area contributed by atoms with E-state index in [1.807, 2.05) is 12.1 Å². The monoisotopic (exact) mass is 359 g/mol. The highest BCUT2D eigenvalue weighted by Crippen LogP contribution is 2.20. The van der Waals surface area contributed by atoms with E-state index in [2.05, 4.69) is 27.2 Å². The molecule has 5 heteroatoms. The highest BCUT2D eigenvalue weighted by atomic mass is 16.5. The zero-order chi connectivity index (χ0) is 18.2. The summed E-state index contributed by atoms with van der Waals surface area (Å²) in [5, 5.41) is 3.26. The van der Waals surface area contributed by atoms with E-state index in [0.29, 0.717) is 12.5 Å². The quantitative estimate of drug-likeness (QED) is 0.793. The first kappa shape index (κ1) is 19.0. The molecular formula is C21H33N3O2. The van der Waals surface area contributed by atoms with Crippen molar-refractivity contribution in [2.24, 2.45) is 0 Å². The summed E-state index contributed by atoms with van der Waals surface area (Å²) in [4.78, 5) is 17.1. The lowest BCUT2D eigenvalue weighted by molar-refractivity contribution is -0.122. The number of hydrogen-bond donors (Lipinski definition) is 1. The molecule has 0 atom stereocenters. The molecule has 1 saturated heterocycles. The van der Waals surface area contributed by atoms with Crippen molar-refractivity contribution in [3.05, 3.63) is 24.3 Å². The Kier molecular flexibility index (Phi) is 7.18. The van der Waals surface area contributed by atoms with Gasteiger partial charge in [0.15, 0.2) is 0 Å². The highest BCUT2D eigenvalue weighted by molar-refractivity contribution is 5.76. The molecule has 0 bridgehead atoms. The van der Waals surface area contributed by atoms with Crippen LogP contribution in [0.4, 0.5) is 5.69 Å². The number of methoxy groups -OCH3 is 1. The minimum atomic E-state index is 0.231. The summed E-state index contributed by atoms with van der Waals surface area (Å²) < 4.78 is 5.22. The maximum absolute atomic E-state index is 12.3. The molecule has 1 N–H and O–H groups in total. The van der Waals surface area contributed by atoms with Crippen molar-refractivity contribution in [2.45, 2.75) is 51.0 Å². The van der Waals surface area contributed by atoms with E-state index in [1.165, 1.54) is 31.4 Å². The van der Waals surface area contributed by atoms with Crippen LogP contribution in [-0.4, -0.2) is 56.7 Å². The summed E-state index contributed by atoms with van der Waals surface area (Å²) in [7, 11) is 1.69. The third kappa shape index (κ3) is 5.63. The predicted octanol–water partition coefficient (Wildman–Crippen LogP) is 3.05. The number of benzene rings is 1.